The molecule has 5 aromatic rings. The van der Waals surface area contributed by atoms with Crippen LogP contribution in [-0.2, 0) is 5.54 Å². The van der Waals surface area contributed by atoms with E-state index < -0.39 is 5.54 Å². The fourth-order valence-corrected chi connectivity index (χ4v) is 4.14. The summed E-state index contributed by atoms with van der Waals surface area (Å²) in [7, 11) is 0. The van der Waals surface area contributed by atoms with E-state index >= 15 is 0 Å². The minimum Gasteiger partial charge on any atom is -0.317 e. The zero-order chi connectivity index (χ0) is 21.6. The van der Waals surface area contributed by atoms with Crippen LogP contribution < -0.4 is 0 Å². The number of rotatable bonds is 6. The van der Waals surface area contributed by atoms with Gasteiger partial charge in [-0.1, -0.05) is 109 Å². The summed E-state index contributed by atoms with van der Waals surface area (Å²) >= 11 is 0. The van der Waals surface area contributed by atoms with E-state index in [2.05, 4.69) is 92.6 Å². The van der Waals surface area contributed by atoms with Gasteiger partial charge in [0.1, 0.15) is 5.54 Å². The van der Waals surface area contributed by atoms with E-state index in [1.807, 2.05) is 61.1 Å². The van der Waals surface area contributed by atoms with Crippen molar-refractivity contribution in [2.75, 3.05) is 0 Å². The molecule has 0 radical (unpaired) electrons. The monoisotopic (exact) mass is 414 g/mol. The van der Waals surface area contributed by atoms with Crippen molar-refractivity contribution in [1.29, 1.82) is 0 Å². The lowest BCUT2D eigenvalue weighted by Crippen LogP contribution is -2.36. The number of nitrogens with zero attached hydrogens (tertiary/aromatic N) is 4. The molecule has 5 rings (SSSR count). The van der Waals surface area contributed by atoms with Gasteiger partial charge in [0.2, 0.25) is 0 Å². The molecule has 4 heteroatoms. The van der Waals surface area contributed by atoms with Gasteiger partial charge in [0.25, 0.3) is 0 Å². The van der Waals surface area contributed by atoms with Gasteiger partial charge >= 0.3 is 0 Å². The first-order chi connectivity index (χ1) is 15.9. The number of azo groups is 1. The number of benzene rings is 4. The first-order valence-electron chi connectivity index (χ1n) is 10.6. The minimum atomic E-state index is -0.600. The van der Waals surface area contributed by atoms with Crippen LogP contribution in [0.5, 0.6) is 0 Å². The van der Waals surface area contributed by atoms with Crippen LogP contribution in [0, 0.1) is 0 Å². The van der Waals surface area contributed by atoms with Crippen LogP contribution in [0.25, 0.3) is 0 Å². The third-order valence-electron chi connectivity index (χ3n) is 5.56. The molecule has 0 aliphatic rings. The summed E-state index contributed by atoms with van der Waals surface area (Å²) in [5.74, 6) is 0.557. The van der Waals surface area contributed by atoms with E-state index in [4.69, 9.17) is 0 Å². The zero-order valence-electron chi connectivity index (χ0n) is 17.5. The Morgan fingerprint density at radius 2 is 0.969 bits per heavy atom. The predicted molar refractivity (Wildman–Crippen MR) is 127 cm³/mol. The quantitative estimate of drug-likeness (QED) is 0.215. The SMILES string of the molecule is c1ccc(N=Nc2cn(C(c3ccccc3)(c3ccccc3)c3ccccc3)cn2)cc1. The largest absolute Gasteiger partial charge is 0.317 e. The molecule has 4 aromatic carbocycles. The zero-order valence-corrected chi connectivity index (χ0v) is 17.5. The molecule has 1 aromatic heterocycles. The summed E-state index contributed by atoms with van der Waals surface area (Å²) in [4.78, 5) is 4.58. The average Bonchev–Trinajstić information content (AvgIpc) is 3.35. The highest BCUT2D eigenvalue weighted by molar-refractivity contribution is 5.51. The van der Waals surface area contributed by atoms with Crippen LogP contribution >= 0.6 is 0 Å². The van der Waals surface area contributed by atoms with E-state index in [1.165, 1.54) is 0 Å². The number of hydrogen-bond donors (Lipinski definition) is 0. The van der Waals surface area contributed by atoms with E-state index in [0.29, 0.717) is 5.82 Å². The molecule has 0 aliphatic carbocycles. The lowest BCUT2D eigenvalue weighted by Gasteiger charge is -2.37. The van der Waals surface area contributed by atoms with Crippen molar-refractivity contribution >= 4 is 11.5 Å². The highest BCUT2D eigenvalue weighted by atomic mass is 15.2. The minimum absolute atomic E-state index is 0.557. The third kappa shape index (κ3) is 3.63. The highest BCUT2D eigenvalue weighted by Crippen LogP contribution is 2.41. The van der Waals surface area contributed by atoms with Crippen LogP contribution in [0.4, 0.5) is 11.5 Å². The van der Waals surface area contributed by atoms with Gasteiger partial charge in [-0.05, 0) is 28.8 Å². The molecule has 0 fully saturated rings. The Morgan fingerprint density at radius 1 is 0.531 bits per heavy atom. The summed E-state index contributed by atoms with van der Waals surface area (Å²) in [6.45, 7) is 0. The van der Waals surface area contributed by atoms with E-state index in [1.54, 1.807) is 0 Å². The van der Waals surface area contributed by atoms with E-state index in [0.717, 1.165) is 22.4 Å². The number of hydrogen-bond acceptors (Lipinski definition) is 3. The fraction of sp³-hybridized carbons (Fsp3) is 0.0357. The van der Waals surface area contributed by atoms with Crippen molar-refractivity contribution in [3.63, 3.8) is 0 Å². The molecule has 1 heterocycles. The van der Waals surface area contributed by atoms with Crippen LogP contribution in [0.1, 0.15) is 16.7 Å². The van der Waals surface area contributed by atoms with Crippen LogP contribution in [0.15, 0.2) is 144 Å². The van der Waals surface area contributed by atoms with Crippen molar-refractivity contribution in [3.05, 3.63) is 151 Å². The van der Waals surface area contributed by atoms with Crippen molar-refractivity contribution < 1.29 is 0 Å². The Kier molecular flexibility index (Phi) is 5.41. The summed E-state index contributed by atoms with van der Waals surface area (Å²) in [6.07, 6.45) is 3.80. The second-order valence-electron chi connectivity index (χ2n) is 7.48. The Labute approximate surface area is 187 Å². The standard InChI is InChI=1S/C28H22N4/c1-5-13-23(14-6-1)28(24-15-7-2-8-16-24,25-17-9-3-10-18-25)32-21-27(29-22-32)31-30-26-19-11-4-12-20-26/h1-22H. The molecule has 0 unspecified atom stereocenters. The second-order valence-corrected chi connectivity index (χ2v) is 7.48. The van der Waals surface area contributed by atoms with Gasteiger partial charge < -0.3 is 4.57 Å². The first-order valence-corrected chi connectivity index (χ1v) is 10.6. The molecule has 0 saturated heterocycles. The van der Waals surface area contributed by atoms with Crippen LogP contribution in [0.3, 0.4) is 0 Å². The maximum Gasteiger partial charge on any atom is 0.192 e. The van der Waals surface area contributed by atoms with Crippen molar-refractivity contribution in [3.8, 4) is 0 Å². The summed E-state index contributed by atoms with van der Waals surface area (Å²) < 4.78 is 2.13. The molecule has 0 atom stereocenters. The molecule has 154 valence electrons. The van der Waals surface area contributed by atoms with Gasteiger partial charge in [-0.25, -0.2) is 4.98 Å². The van der Waals surface area contributed by atoms with Gasteiger partial charge in [-0.3, -0.25) is 0 Å². The molecule has 32 heavy (non-hydrogen) atoms. The van der Waals surface area contributed by atoms with Crippen molar-refractivity contribution in [2.45, 2.75) is 5.54 Å². The van der Waals surface area contributed by atoms with Crippen LogP contribution in [0.2, 0.25) is 0 Å². The summed E-state index contributed by atoms with van der Waals surface area (Å²) in [5, 5.41) is 8.72. The molecule has 0 N–H and O–H groups in total. The summed E-state index contributed by atoms with van der Waals surface area (Å²) in [5.41, 5.74) is 3.61. The topological polar surface area (TPSA) is 42.5 Å². The van der Waals surface area contributed by atoms with E-state index in [9.17, 15) is 0 Å². The lowest BCUT2D eigenvalue weighted by atomic mass is 9.77. The smallest absolute Gasteiger partial charge is 0.192 e. The van der Waals surface area contributed by atoms with Gasteiger partial charge in [-0.15, -0.1) is 10.2 Å². The molecule has 0 saturated carbocycles. The molecule has 0 bridgehead atoms. The second kappa shape index (κ2) is 8.82. The third-order valence-corrected chi connectivity index (χ3v) is 5.56. The summed E-state index contributed by atoms with van der Waals surface area (Å²) in [6, 6.07) is 41.2. The van der Waals surface area contributed by atoms with Crippen molar-refractivity contribution in [2.24, 2.45) is 10.2 Å². The van der Waals surface area contributed by atoms with Crippen molar-refractivity contribution in [1.82, 2.24) is 9.55 Å². The molecule has 0 amide bonds. The molecular formula is C28H22N4. The normalized spacial score (nSPS) is 11.6. The molecule has 0 spiro atoms. The van der Waals surface area contributed by atoms with E-state index in [-0.39, 0.29) is 0 Å². The molecule has 0 aliphatic heterocycles. The van der Waals surface area contributed by atoms with Gasteiger partial charge in [0, 0.05) is 0 Å². The highest BCUT2D eigenvalue weighted by Gasteiger charge is 2.38. The molecular weight excluding hydrogens is 392 g/mol. The number of aromatic nitrogens is 2. The first kappa shape index (κ1) is 19.6. The Bertz CT molecular complexity index is 1200. The Balaban J connectivity index is 1.71. The maximum atomic E-state index is 4.58. The Hall–Kier alpha value is -4.31. The van der Waals surface area contributed by atoms with Crippen LogP contribution in [-0.4, -0.2) is 9.55 Å². The fourth-order valence-electron chi connectivity index (χ4n) is 4.14. The average molecular weight is 415 g/mol. The van der Waals surface area contributed by atoms with Gasteiger partial charge in [0.15, 0.2) is 5.82 Å². The molecule has 4 nitrogen and oxygen atoms in total. The van der Waals surface area contributed by atoms with Gasteiger partial charge in [-0.2, -0.15) is 0 Å². The Morgan fingerprint density at radius 3 is 1.44 bits per heavy atom. The lowest BCUT2D eigenvalue weighted by molar-refractivity contribution is 0.514. The predicted octanol–water partition coefficient (Wildman–Crippen LogP) is 7.14. The van der Waals surface area contributed by atoms with Gasteiger partial charge in [0.05, 0.1) is 18.2 Å². The maximum absolute atomic E-state index is 4.58. The number of imidazole rings is 1.